The Labute approximate surface area is 123 Å². The predicted molar refractivity (Wildman–Crippen MR) is 81.1 cm³/mol. The zero-order valence-electron chi connectivity index (χ0n) is 12.9. The van der Waals surface area contributed by atoms with Crippen molar-refractivity contribution in [3.63, 3.8) is 0 Å². The zero-order valence-corrected chi connectivity index (χ0v) is 12.9. The van der Waals surface area contributed by atoms with Crippen LogP contribution in [0, 0.1) is 11.3 Å². The van der Waals surface area contributed by atoms with Gasteiger partial charge >= 0.3 is 0 Å². The highest BCUT2D eigenvalue weighted by Crippen LogP contribution is 2.11. The molecule has 0 radical (unpaired) electrons. The summed E-state index contributed by atoms with van der Waals surface area (Å²) in [5.41, 5.74) is 0.838. The Kier molecular flexibility index (Phi) is 5.69. The number of hydrogen-bond donors (Lipinski definition) is 0. The van der Waals surface area contributed by atoms with Crippen molar-refractivity contribution in [3.8, 4) is 6.07 Å². The SMILES string of the molecule is CN1CCCN2CCN(C)CCCN(/C=C\2C#N)CC1. The van der Waals surface area contributed by atoms with Crippen molar-refractivity contribution in [2.24, 2.45) is 0 Å². The quantitative estimate of drug-likeness (QED) is 0.649. The van der Waals surface area contributed by atoms with E-state index in [1.165, 1.54) is 0 Å². The second-order valence-corrected chi connectivity index (χ2v) is 5.96. The van der Waals surface area contributed by atoms with Gasteiger partial charge in [-0.05, 0) is 40.0 Å². The van der Waals surface area contributed by atoms with Crippen molar-refractivity contribution in [1.29, 1.82) is 5.26 Å². The Morgan fingerprint density at radius 2 is 1.50 bits per heavy atom. The molecule has 0 saturated carbocycles. The van der Waals surface area contributed by atoms with E-state index in [1.807, 2.05) is 0 Å². The molecule has 2 rings (SSSR count). The minimum Gasteiger partial charge on any atom is -0.374 e. The third-order valence-corrected chi connectivity index (χ3v) is 4.23. The van der Waals surface area contributed by atoms with Crippen LogP contribution in [0.4, 0.5) is 0 Å². The fourth-order valence-electron chi connectivity index (χ4n) is 2.84. The van der Waals surface area contributed by atoms with Crippen LogP contribution in [0.5, 0.6) is 0 Å². The number of nitrogens with zero attached hydrogens (tertiary/aromatic N) is 5. The molecule has 0 aromatic carbocycles. The zero-order chi connectivity index (χ0) is 14.4. The lowest BCUT2D eigenvalue weighted by Gasteiger charge is -2.33. The Morgan fingerprint density at radius 3 is 2.20 bits per heavy atom. The molecule has 0 aliphatic carbocycles. The van der Waals surface area contributed by atoms with Crippen LogP contribution in [0.2, 0.25) is 0 Å². The molecular weight excluding hydrogens is 250 g/mol. The van der Waals surface area contributed by atoms with E-state index in [0.29, 0.717) is 0 Å². The lowest BCUT2D eigenvalue weighted by atomic mass is 10.2. The summed E-state index contributed by atoms with van der Waals surface area (Å²) in [6.45, 7) is 8.34. The minimum absolute atomic E-state index is 0.838. The first kappa shape index (κ1) is 15.1. The summed E-state index contributed by atoms with van der Waals surface area (Å²) >= 11 is 0. The van der Waals surface area contributed by atoms with E-state index in [-0.39, 0.29) is 0 Å². The Hall–Kier alpha value is -1.25. The highest BCUT2D eigenvalue weighted by atomic mass is 15.2. The monoisotopic (exact) mass is 277 g/mol. The number of rotatable bonds is 0. The molecule has 112 valence electrons. The van der Waals surface area contributed by atoms with Crippen molar-refractivity contribution in [2.45, 2.75) is 12.8 Å². The summed E-state index contributed by atoms with van der Waals surface area (Å²) in [6, 6.07) is 2.41. The molecule has 0 atom stereocenters. The van der Waals surface area contributed by atoms with Gasteiger partial charge in [0.05, 0.1) is 0 Å². The summed E-state index contributed by atoms with van der Waals surface area (Å²) in [5.74, 6) is 0. The maximum absolute atomic E-state index is 9.48. The number of allylic oxidation sites excluding steroid dienone is 1. The lowest BCUT2D eigenvalue weighted by molar-refractivity contribution is 0.202. The normalized spacial score (nSPS) is 26.8. The van der Waals surface area contributed by atoms with Crippen LogP contribution in [0.25, 0.3) is 0 Å². The van der Waals surface area contributed by atoms with Crippen LogP contribution in [-0.2, 0) is 0 Å². The summed E-state index contributed by atoms with van der Waals surface area (Å²) < 4.78 is 0. The van der Waals surface area contributed by atoms with Crippen LogP contribution in [0.15, 0.2) is 11.9 Å². The highest BCUT2D eigenvalue weighted by molar-refractivity contribution is 5.19. The minimum atomic E-state index is 0.838. The third-order valence-electron chi connectivity index (χ3n) is 4.23. The molecule has 2 aliphatic heterocycles. The van der Waals surface area contributed by atoms with Crippen LogP contribution in [-0.4, -0.2) is 86.1 Å². The fourth-order valence-corrected chi connectivity index (χ4v) is 2.84. The van der Waals surface area contributed by atoms with Gasteiger partial charge in [0.2, 0.25) is 0 Å². The molecule has 0 aromatic heterocycles. The second kappa shape index (κ2) is 7.51. The lowest BCUT2D eigenvalue weighted by Crippen LogP contribution is -2.40. The van der Waals surface area contributed by atoms with Gasteiger partial charge in [-0.3, -0.25) is 0 Å². The first-order valence-electron chi connectivity index (χ1n) is 7.67. The van der Waals surface area contributed by atoms with Crippen molar-refractivity contribution in [3.05, 3.63) is 11.9 Å². The average molecular weight is 277 g/mol. The van der Waals surface area contributed by atoms with Gasteiger partial charge in [-0.2, -0.15) is 5.26 Å². The van der Waals surface area contributed by atoms with Crippen LogP contribution >= 0.6 is 0 Å². The van der Waals surface area contributed by atoms with Gasteiger partial charge in [-0.15, -0.1) is 0 Å². The smallest absolute Gasteiger partial charge is 0.132 e. The second-order valence-electron chi connectivity index (χ2n) is 5.96. The van der Waals surface area contributed by atoms with Crippen molar-refractivity contribution in [2.75, 3.05) is 66.5 Å². The predicted octanol–water partition coefficient (Wildman–Crippen LogP) is 0.626. The molecule has 0 aromatic rings. The van der Waals surface area contributed by atoms with E-state index in [2.05, 4.69) is 46.0 Å². The molecule has 0 spiro atoms. The van der Waals surface area contributed by atoms with Crippen molar-refractivity contribution in [1.82, 2.24) is 19.6 Å². The van der Waals surface area contributed by atoms with E-state index in [9.17, 15) is 5.26 Å². The summed E-state index contributed by atoms with van der Waals surface area (Å²) in [6.07, 6.45) is 4.37. The summed E-state index contributed by atoms with van der Waals surface area (Å²) in [4.78, 5) is 9.36. The number of hydrogen-bond acceptors (Lipinski definition) is 5. The Balaban J connectivity index is 2.20. The van der Waals surface area contributed by atoms with Gasteiger partial charge < -0.3 is 19.6 Å². The highest BCUT2D eigenvalue weighted by Gasteiger charge is 2.16. The van der Waals surface area contributed by atoms with Crippen LogP contribution < -0.4 is 0 Å². The molecule has 2 bridgehead atoms. The fraction of sp³-hybridized carbons (Fsp3) is 0.800. The molecule has 2 heterocycles. The molecule has 0 fully saturated rings. The molecular formula is C15H27N5. The summed E-state index contributed by atoms with van der Waals surface area (Å²) in [7, 11) is 4.37. The third kappa shape index (κ3) is 4.39. The van der Waals surface area contributed by atoms with Gasteiger partial charge in [0, 0.05) is 45.5 Å². The van der Waals surface area contributed by atoms with Crippen molar-refractivity contribution < 1.29 is 0 Å². The van der Waals surface area contributed by atoms with Gasteiger partial charge in [0.15, 0.2) is 0 Å². The van der Waals surface area contributed by atoms with Crippen molar-refractivity contribution >= 4 is 0 Å². The molecule has 0 N–H and O–H groups in total. The molecule has 5 heteroatoms. The maximum Gasteiger partial charge on any atom is 0.132 e. The Morgan fingerprint density at radius 1 is 0.850 bits per heavy atom. The number of nitriles is 1. The molecule has 2 aliphatic rings. The first-order valence-corrected chi connectivity index (χ1v) is 7.67. The molecule has 0 saturated heterocycles. The average Bonchev–Trinajstić information content (AvgIpc) is 2.45. The number of fused-ring (bicyclic) bond motifs is 2. The van der Waals surface area contributed by atoms with Gasteiger partial charge in [0.25, 0.3) is 0 Å². The Bertz CT molecular complexity index is 373. The van der Waals surface area contributed by atoms with E-state index in [1.54, 1.807) is 0 Å². The largest absolute Gasteiger partial charge is 0.374 e. The van der Waals surface area contributed by atoms with E-state index in [4.69, 9.17) is 0 Å². The standard InChI is InChI=1S/C15H27N5/c1-17-6-4-8-20-12-10-18(2)5-3-7-19(11-9-17)14-15(20)13-16/h14H,3-12H2,1-2H3/b15-14-. The molecule has 0 unspecified atom stereocenters. The van der Waals surface area contributed by atoms with E-state index >= 15 is 0 Å². The van der Waals surface area contributed by atoms with Crippen LogP contribution in [0.3, 0.4) is 0 Å². The molecule has 0 amide bonds. The topological polar surface area (TPSA) is 36.8 Å². The molecule has 5 nitrogen and oxygen atoms in total. The van der Waals surface area contributed by atoms with Gasteiger partial charge in [-0.1, -0.05) is 0 Å². The first-order chi connectivity index (χ1) is 9.69. The van der Waals surface area contributed by atoms with E-state index < -0.39 is 0 Å². The summed E-state index contributed by atoms with van der Waals surface area (Å²) in [5, 5.41) is 9.48. The van der Waals surface area contributed by atoms with Crippen LogP contribution in [0.1, 0.15) is 12.8 Å². The van der Waals surface area contributed by atoms with Gasteiger partial charge in [0.1, 0.15) is 11.8 Å². The number of likely N-dealkylation sites (N-methyl/N-ethyl adjacent to an activating group) is 2. The van der Waals surface area contributed by atoms with Gasteiger partial charge in [-0.25, -0.2) is 0 Å². The molecule has 20 heavy (non-hydrogen) atoms. The maximum atomic E-state index is 9.48. The van der Waals surface area contributed by atoms with E-state index in [0.717, 1.165) is 70.9 Å².